The first-order valence-electron chi connectivity index (χ1n) is 7.33. The Labute approximate surface area is 129 Å². The van der Waals surface area contributed by atoms with Crippen LogP contribution < -0.4 is 4.40 Å². The van der Waals surface area contributed by atoms with Crippen LogP contribution in [0.5, 0.6) is 0 Å². The van der Waals surface area contributed by atoms with Crippen LogP contribution in [0, 0.1) is 0 Å². The summed E-state index contributed by atoms with van der Waals surface area (Å²) in [5, 5.41) is 2.52. The Kier molecular flexibility index (Phi) is 3.13. The zero-order valence-corrected chi connectivity index (χ0v) is 12.1. The summed E-state index contributed by atoms with van der Waals surface area (Å²) < 4.78 is 2.21. The van der Waals surface area contributed by atoms with Gasteiger partial charge < -0.3 is 0 Å². The smallest absolute Gasteiger partial charge is 0.219 e. The highest BCUT2D eigenvalue weighted by molar-refractivity contribution is 5.93. The molecular weight excluding hydrogens is 268 g/mol. The van der Waals surface area contributed by atoms with E-state index in [4.69, 9.17) is 0 Å². The molecular formula is C20H15N2+. The molecule has 1 aromatic carbocycles. The van der Waals surface area contributed by atoms with Gasteiger partial charge in [0.15, 0.2) is 6.20 Å². The summed E-state index contributed by atoms with van der Waals surface area (Å²) in [6, 6.07) is 22.9. The maximum absolute atomic E-state index is 4.33. The largest absolute Gasteiger partial charge is 0.257 e. The summed E-state index contributed by atoms with van der Waals surface area (Å²) in [7, 11) is 0. The average molecular weight is 283 g/mol. The Bertz CT molecular complexity index is 972. The highest BCUT2D eigenvalue weighted by Crippen LogP contribution is 2.17. The first kappa shape index (κ1) is 12.7. The number of hydrogen-bond acceptors (Lipinski definition) is 1. The van der Waals surface area contributed by atoms with Crippen LogP contribution in [0.1, 0.15) is 11.4 Å². The van der Waals surface area contributed by atoms with E-state index in [1.165, 1.54) is 16.3 Å². The van der Waals surface area contributed by atoms with E-state index in [1.807, 2.05) is 30.5 Å². The van der Waals surface area contributed by atoms with E-state index in [2.05, 4.69) is 70.2 Å². The first-order valence-corrected chi connectivity index (χ1v) is 7.33. The van der Waals surface area contributed by atoms with Crippen LogP contribution in [0.3, 0.4) is 0 Å². The van der Waals surface area contributed by atoms with Gasteiger partial charge in [-0.25, -0.2) is 0 Å². The zero-order valence-electron chi connectivity index (χ0n) is 12.1. The maximum atomic E-state index is 4.33. The van der Waals surface area contributed by atoms with Crippen molar-refractivity contribution in [3.63, 3.8) is 0 Å². The van der Waals surface area contributed by atoms with Crippen molar-refractivity contribution < 1.29 is 4.40 Å². The molecule has 0 aliphatic carbocycles. The van der Waals surface area contributed by atoms with Crippen LogP contribution in [0.4, 0.5) is 0 Å². The second-order valence-electron chi connectivity index (χ2n) is 5.20. The lowest BCUT2D eigenvalue weighted by Gasteiger charge is -2.00. The molecule has 4 aromatic rings. The van der Waals surface area contributed by atoms with Gasteiger partial charge in [-0.2, -0.15) is 4.40 Å². The Balaban J connectivity index is 1.88. The van der Waals surface area contributed by atoms with Crippen LogP contribution in [0.15, 0.2) is 79.1 Å². The quantitative estimate of drug-likeness (QED) is 0.399. The van der Waals surface area contributed by atoms with Gasteiger partial charge in [0, 0.05) is 30.5 Å². The topological polar surface area (TPSA) is 17.0 Å². The molecule has 0 unspecified atom stereocenters. The second-order valence-corrected chi connectivity index (χ2v) is 5.20. The van der Waals surface area contributed by atoms with E-state index in [-0.39, 0.29) is 0 Å². The van der Waals surface area contributed by atoms with Crippen LogP contribution in [0.25, 0.3) is 28.4 Å². The minimum Gasteiger partial charge on any atom is -0.257 e. The fraction of sp³-hybridized carbons (Fsp3) is 0. The summed E-state index contributed by atoms with van der Waals surface area (Å²) in [6.45, 7) is 0. The summed E-state index contributed by atoms with van der Waals surface area (Å²) in [5.41, 5.74) is 3.30. The van der Waals surface area contributed by atoms with Crippen molar-refractivity contribution in [3.8, 4) is 0 Å². The van der Waals surface area contributed by atoms with E-state index in [9.17, 15) is 0 Å². The number of nitrogens with zero attached hydrogens (tertiary/aromatic N) is 2. The number of hydrogen-bond donors (Lipinski definition) is 0. The highest BCUT2D eigenvalue weighted by atomic mass is 14.9. The van der Waals surface area contributed by atoms with Gasteiger partial charge >= 0.3 is 0 Å². The fourth-order valence-corrected chi connectivity index (χ4v) is 2.74. The number of benzene rings is 1. The second kappa shape index (κ2) is 5.41. The minimum atomic E-state index is 0.959. The third kappa shape index (κ3) is 2.25. The minimum absolute atomic E-state index is 0.959. The van der Waals surface area contributed by atoms with Crippen molar-refractivity contribution in [2.24, 2.45) is 0 Å². The normalized spacial score (nSPS) is 11.5. The highest BCUT2D eigenvalue weighted by Gasteiger charge is 2.10. The SMILES string of the molecule is C(=C\c1cccc2c3ccccc3cc[n+]12)/c1ccccn1. The third-order valence-electron chi connectivity index (χ3n) is 3.81. The third-order valence-corrected chi connectivity index (χ3v) is 3.81. The fourth-order valence-electron chi connectivity index (χ4n) is 2.74. The molecule has 0 N–H and O–H groups in total. The van der Waals surface area contributed by atoms with Crippen molar-refractivity contribution >= 4 is 28.4 Å². The van der Waals surface area contributed by atoms with E-state index < -0.39 is 0 Å². The van der Waals surface area contributed by atoms with Gasteiger partial charge in [-0.3, -0.25) is 4.98 Å². The molecule has 0 spiro atoms. The standard InChI is InChI=1S/C20H15N2/c1-2-9-19-16(6-1)13-15-22-18(8-5-10-20(19)22)12-11-17-7-3-4-14-21-17/h1-15H/q+1/b12-11+. The summed E-state index contributed by atoms with van der Waals surface area (Å²) in [4.78, 5) is 4.33. The molecule has 0 aliphatic heterocycles. The van der Waals surface area contributed by atoms with Gasteiger partial charge in [0.25, 0.3) is 0 Å². The molecule has 0 saturated heterocycles. The predicted octanol–water partition coefficient (Wildman–Crippen LogP) is 4.14. The number of pyridine rings is 3. The average Bonchev–Trinajstić information content (AvgIpc) is 2.60. The van der Waals surface area contributed by atoms with Crippen molar-refractivity contribution in [2.45, 2.75) is 0 Å². The Morgan fingerprint density at radius 3 is 2.59 bits per heavy atom. The molecule has 22 heavy (non-hydrogen) atoms. The molecule has 3 aromatic heterocycles. The number of fused-ring (bicyclic) bond motifs is 3. The lowest BCUT2D eigenvalue weighted by Crippen LogP contribution is -2.25. The van der Waals surface area contributed by atoms with Crippen molar-refractivity contribution in [3.05, 3.63) is 90.5 Å². The molecule has 0 saturated carbocycles. The van der Waals surface area contributed by atoms with E-state index in [0.29, 0.717) is 0 Å². The first-order chi connectivity index (χ1) is 10.9. The van der Waals surface area contributed by atoms with Crippen LogP contribution >= 0.6 is 0 Å². The molecule has 2 nitrogen and oxygen atoms in total. The van der Waals surface area contributed by atoms with Crippen molar-refractivity contribution in [2.75, 3.05) is 0 Å². The summed E-state index contributed by atoms with van der Waals surface area (Å²) in [5.74, 6) is 0. The predicted molar refractivity (Wildman–Crippen MR) is 90.3 cm³/mol. The van der Waals surface area contributed by atoms with Crippen LogP contribution in [-0.2, 0) is 0 Å². The molecule has 0 radical (unpaired) electrons. The molecule has 3 heterocycles. The van der Waals surface area contributed by atoms with Crippen molar-refractivity contribution in [1.82, 2.24) is 4.98 Å². The van der Waals surface area contributed by atoms with Crippen LogP contribution in [-0.4, -0.2) is 4.98 Å². The molecule has 4 rings (SSSR count). The van der Waals surface area contributed by atoms with Crippen LogP contribution in [0.2, 0.25) is 0 Å². The van der Waals surface area contributed by atoms with E-state index in [1.54, 1.807) is 0 Å². The molecule has 0 bridgehead atoms. The van der Waals surface area contributed by atoms with Gasteiger partial charge in [-0.1, -0.05) is 24.3 Å². The monoisotopic (exact) mass is 283 g/mol. The lowest BCUT2D eigenvalue weighted by molar-refractivity contribution is -0.513. The van der Waals surface area contributed by atoms with E-state index in [0.717, 1.165) is 11.4 Å². The molecule has 0 fully saturated rings. The molecule has 0 aliphatic rings. The molecule has 104 valence electrons. The Morgan fingerprint density at radius 2 is 1.68 bits per heavy atom. The zero-order chi connectivity index (χ0) is 14.8. The Hall–Kier alpha value is -3.00. The molecule has 2 heteroatoms. The molecule has 0 atom stereocenters. The van der Waals surface area contributed by atoms with E-state index >= 15 is 0 Å². The van der Waals surface area contributed by atoms with Gasteiger partial charge in [-0.15, -0.1) is 0 Å². The lowest BCUT2D eigenvalue weighted by atomic mass is 10.1. The van der Waals surface area contributed by atoms with Gasteiger partial charge in [-0.05, 0) is 35.7 Å². The summed E-state index contributed by atoms with van der Waals surface area (Å²) >= 11 is 0. The number of rotatable bonds is 2. The molecule has 0 amide bonds. The van der Waals surface area contributed by atoms with Gasteiger partial charge in [0.1, 0.15) is 0 Å². The van der Waals surface area contributed by atoms with Gasteiger partial charge in [0.05, 0.1) is 11.1 Å². The number of aromatic nitrogens is 2. The van der Waals surface area contributed by atoms with Gasteiger partial charge in [0.2, 0.25) is 11.2 Å². The summed E-state index contributed by atoms with van der Waals surface area (Å²) in [6.07, 6.45) is 8.07. The maximum Gasteiger partial charge on any atom is 0.219 e. The van der Waals surface area contributed by atoms with Crippen molar-refractivity contribution in [1.29, 1.82) is 0 Å². The Morgan fingerprint density at radius 1 is 0.773 bits per heavy atom.